The molecule has 0 aromatic heterocycles. The number of halogens is 3. The Morgan fingerprint density at radius 2 is 2.00 bits per heavy atom. The van der Waals surface area contributed by atoms with Gasteiger partial charge in [0.1, 0.15) is 0 Å². The van der Waals surface area contributed by atoms with Crippen molar-refractivity contribution in [3.05, 3.63) is 32.7 Å². The van der Waals surface area contributed by atoms with Gasteiger partial charge in [0.2, 0.25) is 0 Å². The van der Waals surface area contributed by atoms with Gasteiger partial charge >= 0.3 is 0 Å². The first-order valence-corrected chi connectivity index (χ1v) is 8.11. The van der Waals surface area contributed by atoms with Crippen LogP contribution in [0.1, 0.15) is 23.7 Å². The zero-order valence-electron chi connectivity index (χ0n) is 9.55. The normalized spacial score (nSPS) is 10.4. The van der Waals surface area contributed by atoms with Gasteiger partial charge < -0.3 is 4.90 Å². The van der Waals surface area contributed by atoms with E-state index >= 15 is 0 Å². The van der Waals surface area contributed by atoms with E-state index in [1.54, 1.807) is 0 Å². The topological polar surface area (TPSA) is 20.3 Å². The minimum absolute atomic E-state index is 0.0690. The third-order valence-corrected chi connectivity index (χ3v) is 3.83. The van der Waals surface area contributed by atoms with Crippen molar-refractivity contribution in [2.75, 3.05) is 18.4 Å². The summed E-state index contributed by atoms with van der Waals surface area (Å²) in [6, 6.07) is 5.65. The highest BCUT2D eigenvalue weighted by Gasteiger charge is 2.17. The fraction of sp³-hybridized carbons (Fsp3) is 0.417. The van der Waals surface area contributed by atoms with Crippen LogP contribution < -0.4 is 0 Å². The van der Waals surface area contributed by atoms with Gasteiger partial charge in [-0.3, -0.25) is 4.79 Å². The lowest BCUT2D eigenvalue weighted by molar-refractivity contribution is 0.0765. The molecule has 1 aromatic carbocycles. The molecule has 0 N–H and O–H groups in total. The van der Waals surface area contributed by atoms with Crippen LogP contribution in [0.3, 0.4) is 0 Å². The molecule has 0 bridgehead atoms. The monoisotopic (exact) mass is 425 g/mol. The fourth-order valence-electron chi connectivity index (χ4n) is 1.52. The third-order valence-electron chi connectivity index (χ3n) is 2.29. The van der Waals surface area contributed by atoms with Gasteiger partial charge in [0.15, 0.2) is 0 Å². The Bertz CT molecular complexity index is 389. The van der Waals surface area contributed by atoms with Crippen molar-refractivity contribution in [3.63, 3.8) is 0 Å². The zero-order chi connectivity index (χ0) is 12.8. The molecule has 0 saturated carbocycles. The molecule has 94 valence electrons. The summed E-state index contributed by atoms with van der Waals surface area (Å²) in [5.41, 5.74) is 0.703. The highest BCUT2D eigenvalue weighted by Crippen LogP contribution is 2.23. The summed E-state index contributed by atoms with van der Waals surface area (Å²) in [6.07, 6.45) is 0.963. The van der Waals surface area contributed by atoms with Crippen LogP contribution in [0.5, 0.6) is 0 Å². The molecule has 0 spiro atoms. The van der Waals surface area contributed by atoms with Crippen molar-refractivity contribution in [1.82, 2.24) is 4.90 Å². The predicted molar refractivity (Wildman–Crippen MR) is 81.8 cm³/mol. The van der Waals surface area contributed by atoms with Gasteiger partial charge in [-0.1, -0.05) is 38.8 Å². The fourth-order valence-corrected chi connectivity index (χ4v) is 2.72. The average molecular weight is 428 g/mol. The summed E-state index contributed by atoms with van der Waals surface area (Å²) in [5, 5.41) is 0.796. The minimum Gasteiger partial charge on any atom is -0.338 e. The van der Waals surface area contributed by atoms with Crippen molar-refractivity contribution in [2.24, 2.45) is 0 Å². The second-order valence-electron chi connectivity index (χ2n) is 3.61. The highest BCUT2D eigenvalue weighted by atomic mass is 79.9. The Morgan fingerprint density at radius 3 is 2.59 bits per heavy atom. The standard InChI is InChI=1S/C12H14Br3NO/c1-2-6-16(7-5-13)12(17)10-8-9(14)3-4-11(10)15/h3-4,8H,2,5-7H2,1H3. The molecule has 0 heterocycles. The molecule has 0 radical (unpaired) electrons. The Morgan fingerprint density at radius 1 is 1.29 bits per heavy atom. The van der Waals surface area contributed by atoms with Crippen LogP contribution in [0.15, 0.2) is 27.1 Å². The maximum atomic E-state index is 12.4. The van der Waals surface area contributed by atoms with Crippen molar-refractivity contribution in [1.29, 1.82) is 0 Å². The van der Waals surface area contributed by atoms with E-state index in [2.05, 4.69) is 54.7 Å². The van der Waals surface area contributed by atoms with Crippen LogP contribution in [-0.2, 0) is 0 Å². The molecular weight excluding hydrogens is 414 g/mol. The lowest BCUT2D eigenvalue weighted by Crippen LogP contribution is -2.33. The molecule has 0 atom stereocenters. The summed E-state index contributed by atoms with van der Waals surface area (Å²) in [7, 11) is 0. The van der Waals surface area contributed by atoms with E-state index in [1.165, 1.54) is 0 Å². The molecule has 0 unspecified atom stereocenters. The molecule has 5 heteroatoms. The number of alkyl halides is 1. The van der Waals surface area contributed by atoms with Crippen LogP contribution >= 0.6 is 47.8 Å². The first kappa shape index (κ1) is 15.2. The van der Waals surface area contributed by atoms with Gasteiger partial charge in [0.25, 0.3) is 5.91 Å². The van der Waals surface area contributed by atoms with E-state index in [1.807, 2.05) is 23.1 Å². The smallest absolute Gasteiger partial charge is 0.255 e. The quantitative estimate of drug-likeness (QED) is 0.635. The number of nitrogens with zero attached hydrogens (tertiary/aromatic N) is 1. The van der Waals surface area contributed by atoms with E-state index in [0.29, 0.717) is 5.56 Å². The SMILES string of the molecule is CCCN(CCBr)C(=O)c1cc(Br)ccc1Br. The Labute approximate surface area is 127 Å². The molecular formula is C12H14Br3NO. The van der Waals surface area contributed by atoms with Crippen LogP contribution in [0.25, 0.3) is 0 Å². The van der Waals surface area contributed by atoms with E-state index in [0.717, 1.165) is 33.8 Å². The van der Waals surface area contributed by atoms with Crippen molar-refractivity contribution < 1.29 is 4.79 Å². The Kier molecular flexibility index (Phi) is 6.74. The van der Waals surface area contributed by atoms with Gasteiger partial charge in [-0.15, -0.1) is 0 Å². The molecule has 0 aliphatic heterocycles. The van der Waals surface area contributed by atoms with Crippen LogP contribution in [0.2, 0.25) is 0 Å². The summed E-state index contributed by atoms with van der Waals surface area (Å²) < 4.78 is 1.75. The first-order chi connectivity index (χ1) is 8.10. The molecule has 0 aliphatic rings. The maximum Gasteiger partial charge on any atom is 0.255 e. The highest BCUT2D eigenvalue weighted by molar-refractivity contribution is 9.11. The van der Waals surface area contributed by atoms with E-state index in [9.17, 15) is 4.79 Å². The van der Waals surface area contributed by atoms with Gasteiger partial charge in [-0.2, -0.15) is 0 Å². The van der Waals surface area contributed by atoms with Gasteiger partial charge in [-0.25, -0.2) is 0 Å². The molecule has 17 heavy (non-hydrogen) atoms. The molecule has 0 fully saturated rings. The van der Waals surface area contributed by atoms with Crippen LogP contribution in [0, 0.1) is 0 Å². The number of benzene rings is 1. The van der Waals surface area contributed by atoms with Gasteiger partial charge in [0.05, 0.1) is 5.56 Å². The largest absolute Gasteiger partial charge is 0.338 e. The van der Waals surface area contributed by atoms with Gasteiger partial charge in [0, 0.05) is 27.4 Å². The number of hydrogen-bond acceptors (Lipinski definition) is 1. The molecule has 0 aliphatic carbocycles. The molecule has 2 nitrogen and oxygen atoms in total. The number of hydrogen-bond donors (Lipinski definition) is 0. The van der Waals surface area contributed by atoms with Crippen LogP contribution in [0.4, 0.5) is 0 Å². The zero-order valence-corrected chi connectivity index (χ0v) is 14.3. The lowest BCUT2D eigenvalue weighted by atomic mass is 10.2. The van der Waals surface area contributed by atoms with E-state index in [4.69, 9.17) is 0 Å². The molecule has 0 saturated heterocycles. The molecule has 1 rings (SSSR count). The van der Waals surface area contributed by atoms with Gasteiger partial charge in [-0.05, 0) is 40.5 Å². The van der Waals surface area contributed by atoms with Crippen LogP contribution in [-0.4, -0.2) is 29.2 Å². The molecule has 1 amide bonds. The lowest BCUT2D eigenvalue weighted by Gasteiger charge is -2.21. The van der Waals surface area contributed by atoms with E-state index in [-0.39, 0.29) is 5.91 Å². The number of carbonyl (C=O) groups excluding carboxylic acids is 1. The molecule has 1 aromatic rings. The second kappa shape index (κ2) is 7.54. The van der Waals surface area contributed by atoms with Crippen molar-refractivity contribution in [2.45, 2.75) is 13.3 Å². The number of carbonyl (C=O) groups is 1. The second-order valence-corrected chi connectivity index (χ2v) is 6.17. The predicted octanol–water partition coefficient (Wildman–Crippen LogP) is 4.46. The Balaban J connectivity index is 2.95. The summed E-state index contributed by atoms with van der Waals surface area (Å²) >= 11 is 10.2. The maximum absolute atomic E-state index is 12.4. The van der Waals surface area contributed by atoms with Crippen molar-refractivity contribution >= 4 is 53.7 Å². The van der Waals surface area contributed by atoms with E-state index < -0.39 is 0 Å². The minimum atomic E-state index is 0.0690. The number of amides is 1. The van der Waals surface area contributed by atoms with Crippen molar-refractivity contribution in [3.8, 4) is 0 Å². The number of rotatable bonds is 5. The average Bonchev–Trinajstić information content (AvgIpc) is 2.31. The summed E-state index contributed by atoms with van der Waals surface area (Å²) in [4.78, 5) is 14.2. The summed E-state index contributed by atoms with van der Waals surface area (Å²) in [6.45, 7) is 3.58. The third kappa shape index (κ3) is 4.38. The summed E-state index contributed by atoms with van der Waals surface area (Å²) in [5.74, 6) is 0.0690. The Hall–Kier alpha value is 0.130. The first-order valence-electron chi connectivity index (χ1n) is 5.40.